The highest BCUT2D eigenvalue weighted by molar-refractivity contribution is 5.79. The number of piperidine rings is 1. The smallest absolute Gasteiger partial charge is 0.223 e. The molecule has 1 N–H and O–H groups in total. The molecule has 1 amide bonds. The highest BCUT2D eigenvalue weighted by atomic mass is 19.1. The van der Waals surface area contributed by atoms with Gasteiger partial charge in [-0.05, 0) is 43.4 Å². The van der Waals surface area contributed by atoms with Crippen molar-refractivity contribution in [2.45, 2.75) is 37.8 Å². The van der Waals surface area contributed by atoms with Gasteiger partial charge in [0.2, 0.25) is 5.91 Å². The zero-order valence-corrected chi connectivity index (χ0v) is 15.8. The molecule has 2 unspecified atom stereocenters. The van der Waals surface area contributed by atoms with Gasteiger partial charge < -0.3 is 15.0 Å². The van der Waals surface area contributed by atoms with Gasteiger partial charge in [0.25, 0.3) is 0 Å². The molecule has 7 heteroatoms. The number of ether oxygens (including phenoxy) is 1. The van der Waals surface area contributed by atoms with Crippen LogP contribution in [-0.2, 0) is 9.53 Å². The molecule has 1 aromatic carbocycles. The van der Waals surface area contributed by atoms with Gasteiger partial charge in [-0.15, -0.1) is 0 Å². The number of aromatic nitrogens is 2. The maximum absolute atomic E-state index is 13.3. The summed E-state index contributed by atoms with van der Waals surface area (Å²) in [6.07, 6.45) is 8.45. The normalized spacial score (nSPS) is 21.5. The molecule has 2 atom stereocenters. The SMILES string of the molecule is O=C(NC(c1ccc(F)cc1)C1CCCO1)C1CCN(c2cnccn2)CC1. The standard InChI is InChI=1S/C21H25FN4O2/c22-17-5-3-15(4-6-17)20(18-2-1-13-28-18)25-21(27)16-7-11-26(12-8-16)19-14-23-9-10-24-19/h3-6,9-10,14,16,18,20H,1-2,7-8,11-13H2,(H,25,27). The van der Waals surface area contributed by atoms with Crippen molar-refractivity contribution in [2.75, 3.05) is 24.6 Å². The zero-order valence-electron chi connectivity index (χ0n) is 15.8. The fourth-order valence-corrected chi connectivity index (χ4v) is 4.02. The van der Waals surface area contributed by atoms with E-state index in [1.165, 1.54) is 12.1 Å². The molecule has 2 saturated heterocycles. The Kier molecular flexibility index (Phi) is 5.81. The van der Waals surface area contributed by atoms with Gasteiger partial charge in [0.15, 0.2) is 0 Å². The van der Waals surface area contributed by atoms with Gasteiger partial charge in [0.1, 0.15) is 11.6 Å². The number of amides is 1. The number of carbonyl (C=O) groups excluding carboxylic acids is 1. The summed E-state index contributed by atoms with van der Waals surface area (Å²) in [5.74, 6) is 0.573. The molecule has 2 fully saturated rings. The molecule has 4 rings (SSSR count). The first-order chi connectivity index (χ1) is 13.7. The van der Waals surface area contributed by atoms with Crippen molar-refractivity contribution in [1.82, 2.24) is 15.3 Å². The third-order valence-electron chi connectivity index (χ3n) is 5.60. The number of halogens is 1. The van der Waals surface area contributed by atoms with Crippen molar-refractivity contribution >= 4 is 11.7 Å². The second-order valence-electron chi connectivity index (χ2n) is 7.41. The minimum atomic E-state index is -0.280. The van der Waals surface area contributed by atoms with E-state index >= 15 is 0 Å². The molecule has 148 valence electrons. The van der Waals surface area contributed by atoms with Crippen molar-refractivity contribution in [3.8, 4) is 0 Å². The van der Waals surface area contributed by atoms with Gasteiger partial charge in [-0.1, -0.05) is 12.1 Å². The number of nitrogens with zero attached hydrogens (tertiary/aromatic N) is 3. The fourth-order valence-electron chi connectivity index (χ4n) is 4.02. The minimum Gasteiger partial charge on any atom is -0.376 e. The Morgan fingerprint density at radius 1 is 1.18 bits per heavy atom. The number of carbonyl (C=O) groups is 1. The van der Waals surface area contributed by atoms with Crippen LogP contribution in [0.5, 0.6) is 0 Å². The molecule has 2 aliphatic rings. The quantitative estimate of drug-likeness (QED) is 0.859. The van der Waals surface area contributed by atoms with Crippen LogP contribution in [-0.4, -0.2) is 41.7 Å². The molecule has 3 heterocycles. The molecule has 0 radical (unpaired) electrons. The first kappa shape index (κ1) is 18.8. The Morgan fingerprint density at radius 2 is 1.96 bits per heavy atom. The number of anilines is 1. The third-order valence-corrected chi connectivity index (χ3v) is 5.60. The predicted octanol–water partition coefficient (Wildman–Crippen LogP) is 2.87. The van der Waals surface area contributed by atoms with E-state index in [0.717, 1.165) is 50.2 Å². The third kappa shape index (κ3) is 4.30. The van der Waals surface area contributed by atoms with Crippen LogP contribution in [0.4, 0.5) is 10.2 Å². The van der Waals surface area contributed by atoms with Gasteiger partial charge in [-0.3, -0.25) is 9.78 Å². The summed E-state index contributed by atoms with van der Waals surface area (Å²) in [6.45, 7) is 2.25. The summed E-state index contributed by atoms with van der Waals surface area (Å²) in [5.41, 5.74) is 0.888. The summed E-state index contributed by atoms with van der Waals surface area (Å²) in [7, 11) is 0. The van der Waals surface area contributed by atoms with Crippen LogP contribution in [0.15, 0.2) is 42.9 Å². The van der Waals surface area contributed by atoms with Crippen LogP contribution in [0.1, 0.15) is 37.3 Å². The van der Waals surface area contributed by atoms with Crippen LogP contribution in [0.3, 0.4) is 0 Å². The molecular formula is C21H25FN4O2. The van der Waals surface area contributed by atoms with Crippen molar-refractivity contribution in [1.29, 1.82) is 0 Å². The average Bonchev–Trinajstić information content (AvgIpc) is 3.28. The van der Waals surface area contributed by atoms with E-state index in [4.69, 9.17) is 4.74 Å². The molecule has 0 aliphatic carbocycles. The molecule has 0 bridgehead atoms. The van der Waals surface area contributed by atoms with Crippen LogP contribution in [0.2, 0.25) is 0 Å². The Labute approximate surface area is 164 Å². The predicted molar refractivity (Wildman–Crippen MR) is 103 cm³/mol. The number of hydrogen-bond donors (Lipinski definition) is 1. The maximum atomic E-state index is 13.3. The second kappa shape index (κ2) is 8.65. The van der Waals surface area contributed by atoms with Gasteiger partial charge in [-0.25, -0.2) is 9.37 Å². The topological polar surface area (TPSA) is 67.3 Å². The Bertz CT molecular complexity index is 773. The van der Waals surface area contributed by atoms with Crippen LogP contribution in [0.25, 0.3) is 0 Å². The van der Waals surface area contributed by atoms with E-state index in [9.17, 15) is 9.18 Å². The van der Waals surface area contributed by atoms with E-state index < -0.39 is 0 Å². The average molecular weight is 384 g/mol. The van der Waals surface area contributed by atoms with Crippen molar-refractivity contribution in [3.05, 3.63) is 54.2 Å². The summed E-state index contributed by atoms with van der Waals surface area (Å²) < 4.78 is 19.2. The lowest BCUT2D eigenvalue weighted by Gasteiger charge is -2.33. The lowest BCUT2D eigenvalue weighted by Crippen LogP contribution is -2.44. The molecule has 28 heavy (non-hydrogen) atoms. The first-order valence-electron chi connectivity index (χ1n) is 9.89. The second-order valence-corrected chi connectivity index (χ2v) is 7.41. The number of benzene rings is 1. The van der Waals surface area contributed by atoms with Crippen molar-refractivity contribution in [2.24, 2.45) is 5.92 Å². The number of nitrogens with one attached hydrogen (secondary N) is 1. The molecule has 2 aromatic rings. The van der Waals surface area contributed by atoms with Crippen LogP contribution >= 0.6 is 0 Å². The Balaban J connectivity index is 1.40. The molecule has 1 aromatic heterocycles. The Morgan fingerprint density at radius 3 is 2.61 bits per heavy atom. The molecule has 6 nitrogen and oxygen atoms in total. The summed E-state index contributed by atoms with van der Waals surface area (Å²) in [6, 6.07) is 6.09. The molecule has 0 spiro atoms. The van der Waals surface area contributed by atoms with E-state index in [1.807, 2.05) is 0 Å². The van der Waals surface area contributed by atoms with Crippen LogP contribution < -0.4 is 10.2 Å². The van der Waals surface area contributed by atoms with Gasteiger partial charge in [-0.2, -0.15) is 0 Å². The van der Waals surface area contributed by atoms with E-state index in [0.29, 0.717) is 6.61 Å². The lowest BCUT2D eigenvalue weighted by atomic mass is 9.93. The van der Waals surface area contributed by atoms with Crippen molar-refractivity contribution < 1.29 is 13.9 Å². The first-order valence-corrected chi connectivity index (χ1v) is 9.89. The highest BCUT2D eigenvalue weighted by Crippen LogP contribution is 2.29. The molecular weight excluding hydrogens is 359 g/mol. The fraction of sp³-hybridized carbons (Fsp3) is 0.476. The maximum Gasteiger partial charge on any atom is 0.223 e. The largest absolute Gasteiger partial charge is 0.376 e. The van der Waals surface area contributed by atoms with Crippen LogP contribution in [0, 0.1) is 11.7 Å². The van der Waals surface area contributed by atoms with E-state index in [1.54, 1.807) is 30.7 Å². The number of hydrogen-bond acceptors (Lipinski definition) is 5. The van der Waals surface area contributed by atoms with E-state index in [-0.39, 0.29) is 29.8 Å². The number of rotatable bonds is 5. The summed E-state index contributed by atoms with van der Waals surface area (Å²) in [4.78, 5) is 23.6. The summed E-state index contributed by atoms with van der Waals surface area (Å²) in [5, 5.41) is 3.19. The van der Waals surface area contributed by atoms with E-state index in [2.05, 4.69) is 20.2 Å². The van der Waals surface area contributed by atoms with Gasteiger partial charge in [0, 0.05) is 38.0 Å². The molecule has 2 aliphatic heterocycles. The molecule has 0 saturated carbocycles. The van der Waals surface area contributed by atoms with Gasteiger partial charge in [0.05, 0.1) is 18.3 Å². The minimum absolute atomic E-state index is 0.0442. The van der Waals surface area contributed by atoms with Gasteiger partial charge >= 0.3 is 0 Å². The summed E-state index contributed by atoms with van der Waals surface area (Å²) >= 11 is 0. The lowest BCUT2D eigenvalue weighted by molar-refractivity contribution is -0.127. The highest BCUT2D eigenvalue weighted by Gasteiger charge is 2.32. The monoisotopic (exact) mass is 384 g/mol. The van der Waals surface area contributed by atoms with Crippen molar-refractivity contribution in [3.63, 3.8) is 0 Å². The Hall–Kier alpha value is -2.54. The zero-order chi connectivity index (χ0) is 19.3.